The van der Waals surface area contributed by atoms with E-state index in [9.17, 15) is 4.79 Å². The first-order chi connectivity index (χ1) is 19.5. The fourth-order valence-electron chi connectivity index (χ4n) is 6.92. The van der Waals surface area contributed by atoms with Gasteiger partial charge >= 0.3 is 6.09 Å². The molecule has 6 nitrogen and oxygen atoms in total. The lowest BCUT2D eigenvalue weighted by molar-refractivity contribution is 0.0274. The molecule has 1 amide bonds. The minimum atomic E-state index is -0.427. The predicted octanol–water partition coefficient (Wildman–Crippen LogP) is 6.70. The monoisotopic (exact) mass is 600 g/mol. The van der Waals surface area contributed by atoms with Crippen molar-refractivity contribution < 1.29 is 9.53 Å². The number of carbonyl (C=O) groups excluding carboxylic acids is 1. The number of hydrogen-bond donors (Lipinski definition) is 1. The third-order valence-corrected chi connectivity index (χ3v) is 9.60. The maximum Gasteiger partial charge on any atom is 0.410 e. The lowest BCUT2D eigenvalue weighted by atomic mass is 9.86. The molecule has 0 aliphatic carbocycles. The van der Waals surface area contributed by atoms with Gasteiger partial charge in [0, 0.05) is 61.3 Å². The van der Waals surface area contributed by atoms with Crippen LogP contribution in [0.5, 0.6) is 0 Å². The first-order valence-corrected chi connectivity index (χ1v) is 15.9. The van der Waals surface area contributed by atoms with E-state index < -0.39 is 5.60 Å². The van der Waals surface area contributed by atoms with Crippen molar-refractivity contribution in [1.29, 1.82) is 0 Å². The van der Waals surface area contributed by atoms with Crippen LogP contribution in [0.15, 0.2) is 48.5 Å². The van der Waals surface area contributed by atoms with Gasteiger partial charge in [0.25, 0.3) is 0 Å². The first kappa shape index (κ1) is 30.6. The van der Waals surface area contributed by atoms with Crippen molar-refractivity contribution in [2.75, 3.05) is 52.4 Å². The van der Waals surface area contributed by atoms with E-state index in [1.165, 1.54) is 50.1 Å². The Morgan fingerprint density at radius 1 is 0.780 bits per heavy atom. The summed E-state index contributed by atoms with van der Waals surface area (Å²) in [6.45, 7) is 16.4. The zero-order valence-corrected chi connectivity index (χ0v) is 26.4. The lowest BCUT2D eigenvalue weighted by Crippen LogP contribution is -2.37. The molecule has 4 fully saturated rings. The lowest BCUT2D eigenvalue weighted by Gasteiger charge is -2.27. The highest BCUT2D eigenvalue weighted by Gasteiger charge is 2.45. The molecule has 2 spiro atoms. The number of hydrogen-bond acceptors (Lipinski definition) is 5. The Labute approximate surface area is 256 Å². The van der Waals surface area contributed by atoms with Crippen LogP contribution in [0.25, 0.3) is 0 Å². The van der Waals surface area contributed by atoms with Gasteiger partial charge in [-0.25, -0.2) is 4.79 Å². The van der Waals surface area contributed by atoms with Crippen LogP contribution >= 0.6 is 23.2 Å². The molecule has 1 N–H and O–H groups in total. The Bertz CT molecular complexity index is 1160. The summed E-state index contributed by atoms with van der Waals surface area (Å²) in [5, 5.41) is 5.11. The molecule has 224 valence electrons. The van der Waals surface area contributed by atoms with Gasteiger partial charge in [-0.3, -0.25) is 9.80 Å². The second-order valence-electron chi connectivity index (χ2n) is 13.8. The summed E-state index contributed by atoms with van der Waals surface area (Å²) in [6.07, 6.45) is 4.76. The fraction of sp³-hybridized carbons (Fsp3) is 0.606. The predicted molar refractivity (Wildman–Crippen MR) is 167 cm³/mol. The number of nitrogens with one attached hydrogen (secondary N) is 1. The smallest absolute Gasteiger partial charge is 0.410 e. The molecule has 4 aliphatic heterocycles. The minimum absolute atomic E-state index is 0.171. The highest BCUT2D eigenvalue weighted by Crippen LogP contribution is 2.40. The molecular weight excluding hydrogens is 555 g/mol. The average molecular weight is 602 g/mol. The Hall–Kier alpha value is -1.83. The van der Waals surface area contributed by atoms with E-state index in [0.717, 1.165) is 62.2 Å². The normalized spacial score (nSPS) is 26.6. The molecule has 0 bridgehead atoms. The molecule has 4 heterocycles. The van der Waals surface area contributed by atoms with Gasteiger partial charge in [-0.15, -0.1) is 0 Å². The van der Waals surface area contributed by atoms with Crippen LogP contribution < -0.4 is 5.32 Å². The van der Waals surface area contributed by atoms with Crippen LogP contribution in [-0.4, -0.2) is 78.8 Å². The van der Waals surface area contributed by atoms with Gasteiger partial charge < -0.3 is 15.0 Å². The zero-order valence-electron chi connectivity index (χ0n) is 24.9. The molecule has 0 saturated carbocycles. The van der Waals surface area contributed by atoms with Gasteiger partial charge in [0.2, 0.25) is 0 Å². The Morgan fingerprint density at radius 2 is 1.29 bits per heavy atom. The number of ether oxygens (including phenoxy) is 1. The van der Waals surface area contributed by atoms with E-state index in [-0.39, 0.29) is 11.5 Å². The van der Waals surface area contributed by atoms with Crippen molar-refractivity contribution in [1.82, 2.24) is 20.0 Å². The van der Waals surface area contributed by atoms with E-state index in [1.54, 1.807) is 0 Å². The second kappa shape index (κ2) is 12.8. The molecule has 2 aromatic rings. The van der Waals surface area contributed by atoms with Gasteiger partial charge in [0.05, 0.1) is 0 Å². The summed E-state index contributed by atoms with van der Waals surface area (Å²) in [5.41, 5.74) is 3.05. The number of carbonyl (C=O) groups is 1. The average Bonchev–Trinajstić information content (AvgIpc) is 3.72. The molecule has 6 rings (SSSR count). The number of halogens is 2. The summed E-state index contributed by atoms with van der Waals surface area (Å²) in [7, 11) is 0. The number of benzene rings is 2. The highest BCUT2D eigenvalue weighted by atomic mass is 35.5. The molecule has 0 radical (unpaired) electrons. The van der Waals surface area contributed by atoms with Gasteiger partial charge in [0.15, 0.2) is 0 Å². The Kier molecular flexibility index (Phi) is 9.57. The standard InChI is InChI=1S/C19H27ClN2O2.C14H19ClN2/c1-18(2,3)24-17(23)22-11-9-19(14-22)8-10-21(13-19)12-15-4-6-16(20)7-5-15;15-13-3-1-12(2-4-13)9-17-8-6-14(11-17)5-7-16-10-14/h4-7H,8-14H2,1-3H3;1-4,16H,5-11H2. The fourth-order valence-corrected chi connectivity index (χ4v) is 7.17. The SMILES string of the molecule is CC(C)(C)OC(=O)N1CCC2(CCN(Cc3ccc(Cl)cc3)C2)C1.Clc1ccc(CN2CCC3(CCNC3)C2)cc1. The molecule has 8 heteroatoms. The van der Waals surface area contributed by atoms with Crippen molar-refractivity contribution in [2.45, 2.75) is 65.1 Å². The maximum absolute atomic E-state index is 12.3. The van der Waals surface area contributed by atoms with Crippen molar-refractivity contribution in [2.24, 2.45) is 10.8 Å². The minimum Gasteiger partial charge on any atom is -0.444 e. The molecule has 41 heavy (non-hydrogen) atoms. The largest absolute Gasteiger partial charge is 0.444 e. The van der Waals surface area contributed by atoms with Crippen LogP contribution in [0.1, 0.15) is 57.6 Å². The Morgan fingerprint density at radius 3 is 1.80 bits per heavy atom. The van der Waals surface area contributed by atoms with Crippen LogP contribution in [0.4, 0.5) is 4.79 Å². The summed E-state index contributed by atoms with van der Waals surface area (Å²) >= 11 is 11.9. The molecule has 0 aromatic heterocycles. The van der Waals surface area contributed by atoms with Gasteiger partial charge in [-0.1, -0.05) is 47.5 Å². The van der Waals surface area contributed by atoms with E-state index in [2.05, 4.69) is 39.4 Å². The quantitative estimate of drug-likeness (QED) is 0.423. The second-order valence-corrected chi connectivity index (χ2v) is 14.6. The topological polar surface area (TPSA) is 48.1 Å². The van der Waals surface area contributed by atoms with Crippen molar-refractivity contribution in [3.05, 3.63) is 69.7 Å². The molecule has 2 aromatic carbocycles. The van der Waals surface area contributed by atoms with Crippen molar-refractivity contribution >= 4 is 29.3 Å². The van der Waals surface area contributed by atoms with Gasteiger partial charge in [0.1, 0.15) is 5.60 Å². The van der Waals surface area contributed by atoms with Crippen LogP contribution in [-0.2, 0) is 17.8 Å². The van der Waals surface area contributed by atoms with E-state index >= 15 is 0 Å². The number of rotatable bonds is 4. The molecule has 4 aliphatic rings. The summed E-state index contributed by atoms with van der Waals surface area (Å²) in [5.74, 6) is 0. The maximum atomic E-state index is 12.3. The highest BCUT2D eigenvalue weighted by molar-refractivity contribution is 6.30. The van der Waals surface area contributed by atoms with Crippen LogP contribution in [0.2, 0.25) is 10.0 Å². The van der Waals surface area contributed by atoms with Crippen LogP contribution in [0, 0.1) is 10.8 Å². The summed E-state index contributed by atoms with van der Waals surface area (Å²) in [4.78, 5) is 19.2. The van der Waals surface area contributed by atoms with E-state index in [4.69, 9.17) is 27.9 Å². The Balaban J connectivity index is 0.000000174. The third kappa shape index (κ3) is 8.39. The first-order valence-electron chi connectivity index (χ1n) is 15.1. The van der Waals surface area contributed by atoms with Gasteiger partial charge in [-0.2, -0.15) is 0 Å². The van der Waals surface area contributed by atoms with Crippen LogP contribution in [0.3, 0.4) is 0 Å². The van der Waals surface area contributed by atoms with Crippen molar-refractivity contribution in [3.8, 4) is 0 Å². The summed E-state index contributed by atoms with van der Waals surface area (Å²) in [6, 6.07) is 16.3. The van der Waals surface area contributed by atoms with Crippen molar-refractivity contribution in [3.63, 3.8) is 0 Å². The van der Waals surface area contributed by atoms with E-state index in [0.29, 0.717) is 5.41 Å². The summed E-state index contributed by atoms with van der Waals surface area (Å²) < 4.78 is 5.52. The van der Waals surface area contributed by atoms with E-state index in [1.807, 2.05) is 49.9 Å². The van der Waals surface area contributed by atoms with Gasteiger partial charge in [-0.05, 0) is 107 Å². The number of amides is 1. The molecule has 2 atom stereocenters. The number of likely N-dealkylation sites (tertiary alicyclic amines) is 3. The number of nitrogens with zero attached hydrogens (tertiary/aromatic N) is 3. The third-order valence-electron chi connectivity index (χ3n) is 9.10. The molecular formula is C33H46Cl2N4O2. The zero-order chi connectivity index (χ0) is 29.1. The molecule has 2 unspecified atom stereocenters. The molecule has 4 saturated heterocycles.